The van der Waals surface area contributed by atoms with Crippen LogP contribution in [0.25, 0.3) is 0 Å². The van der Waals surface area contributed by atoms with Crippen LogP contribution in [0, 0.1) is 10.8 Å². The Morgan fingerprint density at radius 1 is 1.10 bits per heavy atom. The average molecular weight is 228 g/mol. The van der Waals surface area contributed by atoms with E-state index in [9.17, 15) is 0 Å². The third-order valence-electron chi connectivity index (χ3n) is 0. The Balaban J connectivity index is -0.0000000787. The van der Waals surface area contributed by atoms with E-state index in [2.05, 4.69) is 0 Å². The SMILES string of the molecule is CC(=N)N.CC(=N)N.[O]=[Mo]. The van der Waals surface area contributed by atoms with Crippen molar-refractivity contribution < 1.29 is 23.2 Å². The van der Waals surface area contributed by atoms with Gasteiger partial charge in [0.05, 0.1) is 11.7 Å². The minimum absolute atomic E-state index is 0.167. The molecule has 0 radical (unpaired) electrons. The summed E-state index contributed by atoms with van der Waals surface area (Å²) in [6, 6.07) is 0. The Labute approximate surface area is 71.4 Å². The zero-order valence-electron chi connectivity index (χ0n) is 5.97. The van der Waals surface area contributed by atoms with Crippen LogP contribution in [0.1, 0.15) is 13.8 Å². The molecule has 0 fully saturated rings. The van der Waals surface area contributed by atoms with E-state index in [1.54, 1.807) is 0 Å². The van der Waals surface area contributed by atoms with Crippen molar-refractivity contribution in [1.82, 2.24) is 0 Å². The van der Waals surface area contributed by atoms with Crippen molar-refractivity contribution in [3.8, 4) is 0 Å². The Kier molecular flexibility index (Phi) is 25.6. The predicted octanol–water partition coefficient (Wildman–Crippen LogP) is -0.237. The van der Waals surface area contributed by atoms with Crippen molar-refractivity contribution in [2.45, 2.75) is 13.8 Å². The van der Waals surface area contributed by atoms with Crippen molar-refractivity contribution in [2.75, 3.05) is 0 Å². The Bertz CT molecular complexity index is 85.4. The molecule has 60 valence electrons. The molecule has 0 atom stereocenters. The van der Waals surface area contributed by atoms with Gasteiger partial charge in [0, 0.05) is 0 Å². The van der Waals surface area contributed by atoms with E-state index >= 15 is 0 Å². The van der Waals surface area contributed by atoms with Crippen molar-refractivity contribution >= 4 is 11.7 Å². The first-order valence-corrected chi connectivity index (χ1v) is 3.06. The fourth-order valence-corrected chi connectivity index (χ4v) is 0. The van der Waals surface area contributed by atoms with Crippen molar-refractivity contribution in [2.24, 2.45) is 11.5 Å². The molecule has 0 aliphatic heterocycles. The summed E-state index contributed by atoms with van der Waals surface area (Å²) in [5, 5.41) is 12.6. The second kappa shape index (κ2) is 15.8. The van der Waals surface area contributed by atoms with Crippen LogP contribution in [0.3, 0.4) is 0 Å². The van der Waals surface area contributed by atoms with Gasteiger partial charge in [0.2, 0.25) is 0 Å². The van der Waals surface area contributed by atoms with Crippen molar-refractivity contribution in [3.05, 3.63) is 0 Å². The van der Waals surface area contributed by atoms with Gasteiger partial charge in [0.15, 0.2) is 0 Å². The maximum absolute atomic E-state index is 8.26. The summed E-state index contributed by atoms with van der Waals surface area (Å²) in [6.07, 6.45) is 0. The van der Waals surface area contributed by atoms with Gasteiger partial charge in [-0.3, -0.25) is 10.8 Å². The number of amidine groups is 2. The van der Waals surface area contributed by atoms with Gasteiger partial charge in [-0.25, -0.2) is 0 Å². The van der Waals surface area contributed by atoms with E-state index in [0.717, 1.165) is 0 Å². The zero-order valence-corrected chi connectivity index (χ0v) is 7.98. The van der Waals surface area contributed by atoms with E-state index in [4.69, 9.17) is 25.7 Å². The summed E-state index contributed by atoms with van der Waals surface area (Å²) >= 11 is 0.700. The fourth-order valence-electron chi connectivity index (χ4n) is 0. The van der Waals surface area contributed by atoms with E-state index in [1.165, 1.54) is 13.8 Å². The normalized spacial score (nSPS) is 5.40. The van der Waals surface area contributed by atoms with Gasteiger partial charge in [-0.05, 0) is 13.8 Å². The fraction of sp³-hybridized carbons (Fsp3) is 0.500. The Morgan fingerprint density at radius 2 is 1.10 bits per heavy atom. The van der Waals surface area contributed by atoms with Crippen LogP contribution in [-0.4, -0.2) is 11.7 Å². The summed E-state index contributed by atoms with van der Waals surface area (Å²) in [6.45, 7) is 3.06. The van der Waals surface area contributed by atoms with E-state index < -0.39 is 0 Å². The maximum atomic E-state index is 8.26. The molecule has 6 N–H and O–H groups in total. The molecule has 0 saturated carbocycles. The molecule has 0 aliphatic rings. The average Bonchev–Trinajstić information content (AvgIpc) is 1.66. The quantitative estimate of drug-likeness (QED) is 0.260. The van der Waals surface area contributed by atoms with E-state index in [-0.39, 0.29) is 11.7 Å². The monoisotopic (exact) mass is 230 g/mol. The van der Waals surface area contributed by atoms with Crippen LogP contribution in [-0.2, 0) is 23.2 Å². The number of nitrogens with two attached hydrogens (primary N) is 2. The molecule has 6 heteroatoms. The molecule has 0 aromatic heterocycles. The van der Waals surface area contributed by atoms with Gasteiger partial charge in [0.1, 0.15) is 0 Å². The number of nitrogens with one attached hydrogen (secondary N) is 2. The van der Waals surface area contributed by atoms with Crippen LogP contribution < -0.4 is 11.5 Å². The van der Waals surface area contributed by atoms with Gasteiger partial charge in [0.25, 0.3) is 0 Å². The van der Waals surface area contributed by atoms with E-state index in [0.29, 0.717) is 19.8 Å². The molecule has 5 nitrogen and oxygen atoms in total. The van der Waals surface area contributed by atoms with Crippen LogP contribution in [0.4, 0.5) is 0 Å². The van der Waals surface area contributed by atoms with Crippen LogP contribution in [0.5, 0.6) is 0 Å². The first-order valence-electron chi connectivity index (χ1n) is 2.24. The summed E-state index contributed by atoms with van der Waals surface area (Å²) < 4.78 is 8.26. The van der Waals surface area contributed by atoms with Crippen LogP contribution in [0.2, 0.25) is 0 Å². The van der Waals surface area contributed by atoms with Crippen molar-refractivity contribution in [1.29, 1.82) is 10.8 Å². The Morgan fingerprint density at radius 3 is 1.10 bits per heavy atom. The third kappa shape index (κ3) is 939. The molecular formula is C4H12MoN4O. The summed E-state index contributed by atoms with van der Waals surface area (Å²) in [5.74, 6) is 0.333. The molecule has 0 heterocycles. The number of rotatable bonds is 0. The first-order chi connectivity index (χ1) is 4.46. The molecule has 0 aromatic rings. The number of hydrogen-bond donors (Lipinski definition) is 4. The predicted molar refractivity (Wildman–Crippen MR) is 35.9 cm³/mol. The first kappa shape index (κ1) is 16.2. The Hall–Kier alpha value is -0.572. The topological polar surface area (TPSA) is 117 Å². The van der Waals surface area contributed by atoms with Gasteiger partial charge < -0.3 is 11.5 Å². The molecule has 0 unspecified atom stereocenters. The van der Waals surface area contributed by atoms with Gasteiger partial charge in [-0.15, -0.1) is 0 Å². The third-order valence-corrected chi connectivity index (χ3v) is 0. The van der Waals surface area contributed by atoms with E-state index in [1.807, 2.05) is 0 Å². The molecule has 0 rings (SSSR count). The van der Waals surface area contributed by atoms with Gasteiger partial charge >= 0.3 is 23.2 Å². The molecule has 0 aliphatic carbocycles. The van der Waals surface area contributed by atoms with Crippen molar-refractivity contribution in [3.63, 3.8) is 0 Å². The molecule has 0 amide bonds. The standard InChI is InChI=1S/2C2H6N2.Mo.O/c2*1-2(3)4;;/h2*1H3,(H3,3,4);;. The molecule has 10 heavy (non-hydrogen) atoms. The summed E-state index contributed by atoms with van der Waals surface area (Å²) in [5.41, 5.74) is 9.39. The summed E-state index contributed by atoms with van der Waals surface area (Å²) in [4.78, 5) is 0. The number of hydrogen-bond acceptors (Lipinski definition) is 3. The van der Waals surface area contributed by atoms with Crippen LogP contribution >= 0.6 is 0 Å². The summed E-state index contributed by atoms with van der Waals surface area (Å²) in [7, 11) is 0. The zero-order chi connectivity index (χ0) is 9.15. The molecule has 0 saturated heterocycles. The molecule has 0 bridgehead atoms. The van der Waals surface area contributed by atoms with Gasteiger partial charge in [-0.1, -0.05) is 0 Å². The second-order valence-corrected chi connectivity index (χ2v) is 1.37. The van der Waals surface area contributed by atoms with Gasteiger partial charge in [-0.2, -0.15) is 0 Å². The molecule has 0 spiro atoms. The van der Waals surface area contributed by atoms with Crippen LogP contribution in [0.15, 0.2) is 0 Å². The molecule has 0 aromatic carbocycles. The second-order valence-electron chi connectivity index (χ2n) is 1.37. The molecular weight excluding hydrogens is 216 g/mol. The minimum atomic E-state index is 0.167.